The van der Waals surface area contributed by atoms with Gasteiger partial charge in [0.1, 0.15) is 19.3 Å². The highest BCUT2D eigenvalue weighted by Crippen LogP contribution is 2.45. The second-order valence-electron chi connectivity index (χ2n) is 33.3. The molecule has 3 N–H and O–H groups in total. The third-order valence-electron chi connectivity index (χ3n) is 21.9. The molecule has 0 fully saturated rings. The van der Waals surface area contributed by atoms with Crippen molar-refractivity contribution in [2.75, 3.05) is 39.6 Å². The quantitative estimate of drug-likeness (QED) is 0.0222. The largest absolute Gasteiger partial charge is 0.472 e. The maximum absolute atomic E-state index is 13.2. The van der Waals surface area contributed by atoms with Crippen molar-refractivity contribution >= 4 is 39.5 Å². The van der Waals surface area contributed by atoms with Crippen LogP contribution in [0.3, 0.4) is 0 Å². The Morgan fingerprint density at radius 1 is 0.266 bits per heavy atom. The fraction of sp³-hybridized carbons (Fsp3) is 0.956. The Bertz CT molecular complexity index is 2100. The van der Waals surface area contributed by atoms with Crippen molar-refractivity contribution in [3.63, 3.8) is 0 Å². The van der Waals surface area contributed by atoms with Gasteiger partial charge in [-0.25, -0.2) is 9.13 Å². The van der Waals surface area contributed by atoms with E-state index in [4.69, 9.17) is 37.0 Å². The van der Waals surface area contributed by atoms with Crippen LogP contribution in [0.25, 0.3) is 0 Å². The van der Waals surface area contributed by atoms with Gasteiger partial charge in [0, 0.05) is 25.7 Å². The minimum atomic E-state index is -4.97. The average Bonchev–Trinajstić information content (AvgIpc) is 0.901. The summed E-state index contributed by atoms with van der Waals surface area (Å²) in [6.45, 7) is 12.0. The number of aliphatic hydroxyl groups excluding tert-OH is 1. The molecular weight excluding hydrogens is 1410 g/mol. The molecule has 0 aromatic heterocycles. The Morgan fingerprint density at radius 3 is 0.697 bits per heavy atom. The zero-order valence-corrected chi connectivity index (χ0v) is 73.8. The number of hydrogen-bond donors (Lipinski definition) is 3. The molecule has 0 aromatic carbocycles. The molecule has 0 saturated carbocycles. The Kier molecular flexibility index (Phi) is 78.5. The molecule has 0 bridgehead atoms. The van der Waals surface area contributed by atoms with Crippen LogP contribution in [0.15, 0.2) is 0 Å². The van der Waals surface area contributed by atoms with Gasteiger partial charge in [0.2, 0.25) is 0 Å². The van der Waals surface area contributed by atoms with Crippen LogP contribution in [-0.2, 0) is 65.4 Å². The van der Waals surface area contributed by atoms with Crippen LogP contribution in [0.4, 0.5) is 0 Å². The van der Waals surface area contributed by atoms with Gasteiger partial charge in [0.25, 0.3) is 0 Å². The van der Waals surface area contributed by atoms with Crippen LogP contribution in [0.5, 0.6) is 0 Å². The van der Waals surface area contributed by atoms with Gasteiger partial charge in [-0.15, -0.1) is 0 Å². The van der Waals surface area contributed by atoms with E-state index in [0.29, 0.717) is 31.6 Å². The topological polar surface area (TPSA) is 237 Å². The smallest absolute Gasteiger partial charge is 0.462 e. The van der Waals surface area contributed by atoms with E-state index >= 15 is 0 Å². The summed E-state index contributed by atoms with van der Waals surface area (Å²) in [7, 11) is -9.93. The van der Waals surface area contributed by atoms with Crippen LogP contribution in [0, 0.1) is 17.8 Å². The number of esters is 4. The molecule has 4 unspecified atom stereocenters. The molecule has 19 heteroatoms. The first-order valence-electron chi connectivity index (χ1n) is 46.4. The standard InChI is InChI=1S/C90H176O17P2/c1-8-11-12-13-14-15-16-17-18-19-20-21-25-28-34-39-44-49-57-64-71-87(92)100-77-85(106-89(94)73-66-59-50-45-40-35-29-26-23-22-24-27-32-37-42-47-55-62-69-82(6)9-2)79-104-108(96,97)102-75-84(91)76-103-109(98,99)105-80-86(78-101-88(93)72-65-58-53-52-54-61-68-81(4)5)107-90(95)74-67-60-51-46-41-36-31-30-33-38-43-48-56-63-70-83(7)10-3/h81-86,91H,8-80H2,1-7H3,(H,96,97)(H,98,99)/t82?,83?,84-,85-,86-/m1/s1. The molecule has 0 aromatic rings. The summed E-state index contributed by atoms with van der Waals surface area (Å²) in [5.41, 5.74) is 0. The summed E-state index contributed by atoms with van der Waals surface area (Å²) in [5.74, 6) is 0.293. The van der Waals surface area contributed by atoms with Crippen molar-refractivity contribution in [3.05, 3.63) is 0 Å². The lowest BCUT2D eigenvalue weighted by Crippen LogP contribution is -2.30. The van der Waals surface area contributed by atoms with Crippen LogP contribution < -0.4 is 0 Å². The SMILES string of the molecule is CCCCCCCCCCCCCCCCCCCCCCC(=O)OC[C@H](COP(=O)(O)OC[C@@H](O)COP(=O)(O)OC[C@@H](COC(=O)CCCCCCCCC(C)C)OC(=O)CCCCCCCCCCCCCCCCC(C)CC)OC(=O)CCCCCCCCCCCCCCCCCCCCC(C)CC. The summed E-state index contributed by atoms with van der Waals surface area (Å²) < 4.78 is 69.0. The van der Waals surface area contributed by atoms with E-state index in [2.05, 4.69) is 48.5 Å². The number of unbranched alkanes of at least 4 members (excludes halogenated alkanes) is 54. The fourth-order valence-corrected chi connectivity index (χ4v) is 15.6. The number of aliphatic hydroxyl groups is 1. The van der Waals surface area contributed by atoms with E-state index in [-0.39, 0.29) is 25.7 Å². The number of phosphoric acid groups is 2. The molecule has 0 rings (SSSR count). The van der Waals surface area contributed by atoms with Crippen LogP contribution in [-0.4, -0.2) is 96.7 Å². The van der Waals surface area contributed by atoms with E-state index < -0.39 is 97.5 Å². The molecular formula is C90H176O17P2. The molecule has 0 aliphatic rings. The maximum atomic E-state index is 13.2. The lowest BCUT2D eigenvalue weighted by Gasteiger charge is -2.21. The highest BCUT2D eigenvalue weighted by atomic mass is 31.2. The highest BCUT2D eigenvalue weighted by molar-refractivity contribution is 7.47. The zero-order valence-electron chi connectivity index (χ0n) is 72.0. The Morgan fingerprint density at radius 2 is 0.468 bits per heavy atom. The van der Waals surface area contributed by atoms with Gasteiger partial charge in [0.05, 0.1) is 26.4 Å². The first-order chi connectivity index (χ1) is 52.8. The summed E-state index contributed by atoms with van der Waals surface area (Å²) in [6.07, 6.45) is 72.4. The first kappa shape index (κ1) is 107. The van der Waals surface area contributed by atoms with Crippen LogP contribution >= 0.6 is 15.6 Å². The van der Waals surface area contributed by atoms with Crippen LogP contribution in [0.2, 0.25) is 0 Å². The van der Waals surface area contributed by atoms with Gasteiger partial charge in [0.15, 0.2) is 12.2 Å². The Balaban J connectivity index is 5.20. The van der Waals surface area contributed by atoms with Crippen molar-refractivity contribution < 1.29 is 80.2 Å². The Hall–Kier alpha value is -1.94. The fourth-order valence-electron chi connectivity index (χ4n) is 14.0. The average molecular weight is 1590 g/mol. The summed E-state index contributed by atoms with van der Waals surface area (Å²) >= 11 is 0. The number of carbonyl (C=O) groups is 4. The molecule has 0 spiro atoms. The highest BCUT2D eigenvalue weighted by Gasteiger charge is 2.31. The van der Waals surface area contributed by atoms with Gasteiger partial charge in [-0.05, 0) is 43.4 Å². The van der Waals surface area contributed by atoms with Gasteiger partial charge in [-0.1, -0.05) is 427 Å². The monoisotopic (exact) mass is 1590 g/mol. The van der Waals surface area contributed by atoms with Crippen molar-refractivity contribution in [2.45, 2.75) is 497 Å². The predicted octanol–water partition coefficient (Wildman–Crippen LogP) is 27.6. The molecule has 0 radical (unpaired) electrons. The van der Waals surface area contributed by atoms with E-state index in [9.17, 15) is 43.2 Å². The summed E-state index contributed by atoms with van der Waals surface area (Å²) in [5, 5.41) is 10.7. The molecule has 0 heterocycles. The van der Waals surface area contributed by atoms with Crippen LogP contribution in [0.1, 0.15) is 479 Å². The summed E-state index contributed by atoms with van der Waals surface area (Å²) in [6, 6.07) is 0. The van der Waals surface area contributed by atoms with Gasteiger partial charge in [-0.2, -0.15) is 0 Å². The molecule has 7 atom stereocenters. The number of ether oxygens (including phenoxy) is 4. The molecule has 0 aliphatic carbocycles. The number of hydrogen-bond acceptors (Lipinski definition) is 15. The third kappa shape index (κ3) is 81.0. The minimum Gasteiger partial charge on any atom is -0.462 e. The van der Waals surface area contributed by atoms with E-state index in [1.807, 2.05) is 0 Å². The lowest BCUT2D eigenvalue weighted by atomic mass is 9.99. The van der Waals surface area contributed by atoms with E-state index in [0.717, 1.165) is 108 Å². The second-order valence-corrected chi connectivity index (χ2v) is 36.2. The van der Waals surface area contributed by atoms with Gasteiger partial charge in [-0.3, -0.25) is 37.3 Å². The Labute approximate surface area is 670 Å². The van der Waals surface area contributed by atoms with Crippen molar-refractivity contribution in [1.29, 1.82) is 0 Å². The van der Waals surface area contributed by atoms with Crippen molar-refractivity contribution in [1.82, 2.24) is 0 Å². The third-order valence-corrected chi connectivity index (χ3v) is 23.8. The van der Waals surface area contributed by atoms with Gasteiger partial charge < -0.3 is 33.8 Å². The number of rotatable bonds is 88. The van der Waals surface area contributed by atoms with E-state index in [1.54, 1.807) is 0 Å². The number of carbonyl (C=O) groups excluding carboxylic acids is 4. The first-order valence-corrected chi connectivity index (χ1v) is 49.4. The second kappa shape index (κ2) is 79.9. The minimum absolute atomic E-state index is 0.107. The molecule has 0 aliphatic heterocycles. The molecule has 0 saturated heterocycles. The van der Waals surface area contributed by atoms with Crippen molar-refractivity contribution in [2.24, 2.45) is 17.8 Å². The molecule has 17 nitrogen and oxygen atoms in total. The van der Waals surface area contributed by atoms with Crippen molar-refractivity contribution in [3.8, 4) is 0 Å². The molecule has 648 valence electrons. The van der Waals surface area contributed by atoms with E-state index in [1.165, 1.54) is 283 Å². The molecule has 109 heavy (non-hydrogen) atoms. The van der Waals surface area contributed by atoms with Gasteiger partial charge >= 0.3 is 39.5 Å². The summed E-state index contributed by atoms with van der Waals surface area (Å²) in [4.78, 5) is 73.3. The normalized spacial score (nSPS) is 14.3. The number of phosphoric ester groups is 2. The lowest BCUT2D eigenvalue weighted by molar-refractivity contribution is -0.161. The zero-order chi connectivity index (χ0) is 80.0. The predicted molar refractivity (Wildman–Crippen MR) is 451 cm³/mol. The maximum Gasteiger partial charge on any atom is 0.472 e. The molecule has 0 amide bonds.